The van der Waals surface area contributed by atoms with Gasteiger partial charge in [0.05, 0.1) is 6.61 Å². The maximum atomic E-state index is 11.9. The van der Waals surface area contributed by atoms with Gasteiger partial charge in [-0.1, -0.05) is 15.9 Å². The standard InChI is InChI=1S/C16H21BrN2O4/c1-2-22-16(21)19-9-7-13(8-10-19)18-15(20)11-23-14-5-3-12(17)4-6-14/h3-6,13H,2,7-11H2,1H3,(H,18,20). The van der Waals surface area contributed by atoms with E-state index in [1.165, 1.54) is 0 Å². The van der Waals surface area contributed by atoms with E-state index < -0.39 is 0 Å². The molecule has 0 radical (unpaired) electrons. The molecule has 1 fully saturated rings. The molecular formula is C16H21BrN2O4. The van der Waals surface area contributed by atoms with Crippen molar-refractivity contribution in [3.8, 4) is 5.75 Å². The molecule has 1 aromatic carbocycles. The monoisotopic (exact) mass is 384 g/mol. The molecular weight excluding hydrogens is 364 g/mol. The van der Waals surface area contributed by atoms with E-state index in [9.17, 15) is 9.59 Å². The number of ether oxygens (including phenoxy) is 2. The first-order valence-corrected chi connectivity index (χ1v) is 8.47. The average molecular weight is 385 g/mol. The van der Waals surface area contributed by atoms with Crippen LogP contribution in [0.1, 0.15) is 19.8 Å². The molecule has 0 aliphatic carbocycles. The second kappa shape index (κ2) is 8.76. The van der Waals surface area contributed by atoms with E-state index in [4.69, 9.17) is 9.47 Å². The molecule has 1 aliphatic heterocycles. The van der Waals surface area contributed by atoms with Crippen molar-refractivity contribution in [2.24, 2.45) is 0 Å². The highest BCUT2D eigenvalue weighted by atomic mass is 79.9. The quantitative estimate of drug-likeness (QED) is 0.846. The summed E-state index contributed by atoms with van der Waals surface area (Å²) in [5.74, 6) is 0.503. The highest BCUT2D eigenvalue weighted by Crippen LogP contribution is 2.16. The second-order valence-electron chi connectivity index (χ2n) is 5.27. The largest absolute Gasteiger partial charge is 0.484 e. The number of nitrogens with zero attached hydrogens (tertiary/aromatic N) is 1. The maximum absolute atomic E-state index is 11.9. The SMILES string of the molecule is CCOC(=O)N1CCC(NC(=O)COc2ccc(Br)cc2)CC1. The van der Waals surface area contributed by atoms with Crippen LogP contribution < -0.4 is 10.1 Å². The predicted octanol–water partition coefficient (Wildman–Crippen LogP) is 2.57. The van der Waals surface area contributed by atoms with Crippen molar-refractivity contribution in [2.75, 3.05) is 26.3 Å². The topological polar surface area (TPSA) is 67.9 Å². The Hall–Kier alpha value is -1.76. The van der Waals surface area contributed by atoms with Crippen molar-refractivity contribution in [3.05, 3.63) is 28.7 Å². The van der Waals surface area contributed by atoms with Gasteiger partial charge < -0.3 is 19.7 Å². The molecule has 2 rings (SSSR count). The number of rotatable bonds is 5. The van der Waals surface area contributed by atoms with Crippen LogP contribution in [0.3, 0.4) is 0 Å². The summed E-state index contributed by atoms with van der Waals surface area (Å²) in [5, 5.41) is 2.94. The predicted molar refractivity (Wildman–Crippen MR) is 89.4 cm³/mol. The minimum absolute atomic E-state index is 0.0142. The molecule has 7 heteroatoms. The number of amides is 2. The van der Waals surface area contributed by atoms with Crippen LogP contribution in [-0.4, -0.2) is 49.2 Å². The maximum Gasteiger partial charge on any atom is 0.409 e. The Balaban J connectivity index is 1.68. The van der Waals surface area contributed by atoms with Gasteiger partial charge in [-0.05, 0) is 44.0 Å². The van der Waals surface area contributed by atoms with Crippen molar-refractivity contribution in [1.29, 1.82) is 0 Å². The number of piperidine rings is 1. The van der Waals surface area contributed by atoms with Gasteiger partial charge in [0.2, 0.25) is 0 Å². The summed E-state index contributed by atoms with van der Waals surface area (Å²) in [6, 6.07) is 7.39. The fourth-order valence-corrected chi connectivity index (χ4v) is 2.63. The third kappa shape index (κ3) is 5.74. The summed E-state index contributed by atoms with van der Waals surface area (Å²) >= 11 is 3.34. The first kappa shape index (κ1) is 17.6. The first-order valence-electron chi connectivity index (χ1n) is 7.68. The average Bonchev–Trinajstić information content (AvgIpc) is 2.55. The molecule has 0 unspecified atom stereocenters. The Labute approximate surface area is 144 Å². The van der Waals surface area contributed by atoms with Crippen LogP contribution >= 0.6 is 15.9 Å². The Bertz CT molecular complexity index is 527. The number of halogens is 1. The molecule has 0 spiro atoms. The zero-order chi connectivity index (χ0) is 16.7. The first-order chi connectivity index (χ1) is 11.1. The normalized spacial score (nSPS) is 15.1. The minimum Gasteiger partial charge on any atom is -0.484 e. The number of carbonyl (C=O) groups excluding carboxylic acids is 2. The van der Waals surface area contributed by atoms with Crippen LogP contribution in [0.2, 0.25) is 0 Å². The van der Waals surface area contributed by atoms with Gasteiger partial charge >= 0.3 is 6.09 Å². The van der Waals surface area contributed by atoms with Crippen LogP contribution in [0.25, 0.3) is 0 Å². The Kier molecular flexibility index (Phi) is 6.70. The third-order valence-electron chi connectivity index (χ3n) is 3.57. The molecule has 1 aromatic rings. The van der Waals surface area contributed by atoms with Crippen molar-refractivity contribution in [2.45, 2.75) is 25.8 Å². The summed E-state index contributed by atoms with van der Waals surface area (Å²) in [6.07, 6.45) is 1.17. The zero-order valence-corrected chi connectivity index (χ0v) is 14.7. The fraction of sp³-hybridized carbons (Fsp3) is 0.500. The highest BCUT2D eigenvalue weighted by molar-refractivity contribution is 9.10. The lowest BCUT2D eigenvalue weighted by Gasteiger charge is -2.31. The molecule has 1 N–H and O–H groups in total. The number of hydrogen-bond donors (Lipinski definition) is 1. The van der Waals surface area contributed by atoms with Gasteiger partial charge in [0.15, 0.2) is 6.61 Å². The summed E-state index contributed by atoms with van der Waals surface area (Å²) < 4.78 is 11.4. The van der Waals surface area contributed by atoms with E-state index in [-0.39, 0.29) is 24.6 Å². The molecule has 0 saturated carbocycles. The summed E-state index contributed by atoms with van der Waals surface area (Å²) in [4.78, 5) is 25.2. The van der Waals surface area contributed by atoms with Crippen LogP contribution in [0.4, 0.5) is 4.79 Å². The Morgan fingerprint density at radius 3 is 2.52 bits per heavy atom. The van der Waals surface area contributed by atoms with E-state index in [0.29, 0.717) is 25.4 Å². The van der Waals surface area contributed by atoms with Gasteiger partial charge in [-0.2, -0.15) is 0 Å². The number of carbonyl (C=O) groups is 2. The molecule has 1 saturated heterocycles. The van der Waals surface area contributed by atoms with Crippen molar-refractivity contribution < 1.29 is 19.1 Å². The van der Waals surface area contributed by atoms with E-state index >= 15 is 0 Å². The van der Waals surface area contributed by atoms with E-state index in [2.05, 4.69) is 21.2 Å². The molecule has 0 aromatic heterocycles. The third-order valence-corrected chi connectivity index (χ3v) is 4.10. The van der Waals surface area contributed by atoms with Crippen LogP contribution in [0.5, 0.6) is 5.75 Å². The minimum atomic E-state index is -0.282. The number of benzene rings is 1. The van der Waals surface area contributed by atoms with Crippen molar-refractivity contribution in [1.82, 2.24) is 10.2 Å². The van der Waals surface area contributed by atoms with Gasteiger partial charge in [-0.15, -0.1) is 0 Å². The number of likely N-dealkylation sites (tertiary alicyclic amines) is 1. The molecule has 23 heavy (non-hydrogen) atoms. The second-order valence-corrected chi connectivity index (χ2v) is 6.19. The van der Waals surface area contributed by atoms with Crippen LogP contribution in [0.15, 0.2) is 28.7 Å². The molecule has 0 bridgehead atoms. The molecule has 126 valence electrons. The van der Waals surface area contributed by atoms with Gasteiger partial charge in [0.1, 0.15) is 5.75 Å². The highest BCUT2D eigenvalue weighted by Gasteiger charge is 2.24. The van der Waals surface area contributed by atoms with Crippen LogP contribution in [-0.2, 0) is 9.53 Å². The lowest BCUT2D eigenvalue weighted by molar-refractivity contribution is -0.124. The van der Waals surface area contributed by atoms with Crippen molar-refractivity contribution in [3.63, 3.8) is 0 Å². The van der Waals surface area contributed by atoms with E-state index in [1.807, 2.05) is 12.1 Å². The summed E-state index contributed by atoms with van der Waals surface area (Å²) in [6.45, 7) is 3.34. The molecule has 1 aliphatic rings. The zero-order valence-electron chi connectivity index (χ0n) is 13.1. The van der Waals surface area contributed by atoms with E-state index in [1.54, 1.807) is 24.0 Å². The van der Waals surface area contributed by atoms with Gasteiger partial charge in [-0.25, -0.2) is 4.79 Å². The number of nitrogens with one attached hydrogen (secondary N) is 1. The fourth-order valence-electron chi connectivity index (χ4n) is 2.37. The molecule has 1 heterocycles. The summed E-state index contributed by atoms with van der Waals surface area (Å²) in [5.41, 5.74) is 0. The summed E-state index contributed by atoms with van der Waals surface area (Å²) in [7, 11) is 0. The molecule has 0 atom stereocenters. The van der Waals surface area contributed by atoms with Crippen LogP contribution in [0, 0.1) is 0 Å². The lowest BCUT2D eigenvalue weighted by Crippen LogP contribution is -2.47. The smallest absolute Gasteiger partial charge is 0.409 e. The van der Waals surface area contributed by atoms with Gasteiger partial charge in [-0.3, -0.25) is 4.79 Å². The van der Waals surface area contributed by atoms with E-state index in [0.717, 1.165) is 17.3 Å². The number of hydrogen-bond acceptors (Lipinski definition) is 4. The van der Waals surface area contributed by atoms with Gasteiger partial charge in [0.25, 0.3) is 5.91 Å². The molecule has 2 amide bonds. The van der Waals surface area contributed by atoms with Crippen molar-refractivity contribution >= 4 is 27.9 Å². The molecule has 6 nitrogen and oxygen atoms in total. The Morgan fingerprint density at radius 1 is 1.26 bits per heavy atom. The lowest BCUT2D eigenvalue weighted by atomic mass is 10.1. The Morgan fingerprint density at radius 2 is 1.91 bits per heavy atom. The van der Waals surface area contributed by atoms with Gasteiger partial charge in [0, 0.05) is 23.6 Å².